The molecule has 392 valence electrons. The topological polar surface area (TPSA) is 78.9 Å². The van der Waals surface area contributed by atoms with E-state index in [2.05, 4.69) is 130 Å². The molecular formula is C63H104O6. The first kappa shape index (κ1) is 65.1. The number of unbranched alkanes of at least 4 members (excludes halogenated alkanes) is 21. The minimum atomic E-state index is -0.802. The summed E-state index contributed by atoms with van der Waals surface area (Å²) in [5.74, 6) is -0.945. The molecule has 0 heterocycles. The van der Waals surface area contributed by atoms with Crippen molar-refractivity contribution < 1.29 is 28.6 Å². The first-order chi connectivity index (χ1) is 34.0. The Morgan fingerprint density at radius 2 is 0.565 bits per heavy atom. The van der Waals surface area contributed by atoms with E-state index in [1.54, 1.807) is 0 Å². The molecule has 0 aliphatic rings. The van der Waals surface area contributed by atoms with Crippen molar-refractivity contribution >= 4 is 17.9 Å². The Labute approximate surface area is 425 Å². The Kier molecular flexibility index (Phi) is 53.4. The number of hydrogen-bond acceptors (Lipinski definition) is 6. The predicted molar refractivity (Wildman–Crippen MR) is 297 cm³/mol. The lowest BCUT2D eigenvalue weighted by molar-refractivity contribution is -0.167. The van der Waals surface area contributed by atoms with E-state index in [1.807, 2.05) is 0 Å². The van der Waals surface area contributed by atoms with Gasteiger partial charge >= 0.3 is 17.9 Å². The lowest BCUT2D eigenvalue weighted by atomic mass is 10.1. The fourth-order valence-corrected chi connectivity index (χ4v) is 7.47. The number of carbonyl (C=O) groups excluding carboxylic acids is 3. The minimum absolute atomic E-state index is 0.0990. The average molecular weight is 958 g/mol. The predicted octanol–water partition coefficient (Wildman–Crippen LogP) is 19.1. The second kappa shape index (κ2) is 56.7. The molecule has 0 bridgehead atoms. The van der Waals surface area contributed by atoms with E-state index in [0.717, 1.165) is 161 Å². The third kappa shape index (κ3) is 54.9. The van der Waals surface area contributed by atoms with E-state index in [9.17, 15) is 14.4 Å². The first-order valence-corrected chi connectivity index (χ1v) is 28.4. The third-order valence-corrected chi connectivity index (χ3v) is 11.7. The Bertz CT molecular complexity index is 1420. The van der Waals surface area contributed by atoms with Crippen LogP contribution in [0.3, 0.4) is 0 Å². The summed E-state index contributed by atoms with van der Waals surface area (Å²) >= 11 is 0. The second-order valence-electron chi connectivity index (χ2n) is 18.5. The highest BCUT2D eigenvalue weighted by atomic mass is 16.6. The lowest BCUT2D eigenvalue weighted by Crippen LogP contribution is -2.30. The molecule has 69 heavy (non-hydrogen) atoms. The minimum Gasteiger partial charge on any atom is -0.462 e. The molecule has 0 radical (unpaired) electrons. The molecule has 0 N–H and O–H groups in total. The van der Waals surface area contributed by atoms with Crippen LogP contribution in [-0.2, 0) is 28.6 Å². The van der Waals surface area contributed by atoms with Crippen molar-refractivity contribution in [3.8, 4) is 0 Å². The maximum absolute atomic E-state index is 12.8. The zero-order valence-electron chi connectivity index (χ0n) is 44.8. The van der Waals surface area contributed by atoms with Crippen molar-refractivity contribution in [1.82, 2.24) is 0 Å². The van der Waals surface area contributed by atoms with Crippen LogP contribution < -0.4 is 0 Å². The van der Waals surface area contributed by atoms with E-state index in [0.29, 0.717) is 19.3 Å². The zero-order chi connectivity index (χ0) is 50.0. The van der Waals surface area contributed by atoms with Crippen molar-refractivity contribution in [2.75, 3.05) is 13.2 Å². The maximum atomic E-state index is 12.8. The zero-order valence-corrected chi connectivity index (χ0v) is 44.8. The van der Waals surface area contributed by atoms with E-state index >= 15 is 0 Å². The van der Waals surface area contributed by atoms with E-state index < -0.39 is 6.10 Å². The quantitative estimate of drug-likeness (QED) is 0.0262. The standard InChI is InChI=1S/C63H104O6/c1-4-7-10-13-16-19-22-25-28-29-30-31-32-33-36-38-41-44-47-50-53-56-62(65)68-59-60(69-63(66)57-54-51-48-45-42-39-35-27-24-21-18-15-12-9-6-3)58-67-61(64)55-52-49-46-43-40-37-34-26-23-20-17-14-11-8-5-2/h7,10,16-21,25-28,30-31,33-36,60H,4-6,8-9,11-15,22-24,29,32,37-59H2,1-3H3/b10-7-,19-16-,20-17-,21-18-,28-25-,31-30-,34-26-,35-27-,36-33-. The Morgan fingerprint density at radius 1 is 0.304 bits per heavy atom. The Morgan fingerprint density at radius 3 is 0.884 bits per heavy atom. The largest absolute Gasteiger partial charge is 0.462 e. The number of allylic oxidation sites excluding steroid dienone is 18. The van der Waals surface area contributed by atoms with E-state index in [1.165, 1.54) is 51.4 Å². The van der Waals surface area contributed by atoms with Crippen LogP contribution in [0, 0.1) is 0 Å². The van der Waals surface area contributed by atoms with Gasteiger partial charge < -0.3 is 14.2 Å². The van der Waals surface area contributed by atoms with Crippen LogP contribution in [-0.4, -0.2) is 37.2 Å². The molecule has 0 aromatic rings. The molecule has 0 rings (SSSR count). The molecule has 0 aromatic heterocycles. The van der Waals surface area contributed by atoms with E-state index in [4.69, 9.17) is 14.2 Å². The monoisotopic (exact) mass is 957 g/mol. The number of hydrogen-bond donors (Lipinski definition) is 0. The fourth-order valence-electron chi connectivity index (χ4n) is 7.47. The van der Waals surface area contributed by atoms with Crippen molar-refractivity contribution in [1.29, 1.82) is 0 Å². The van der Waals surface area contributed by atoms with Crippen molar-refractivity contribution in [3.05, 3.63) is 109 Å². The van der Waals surface area contributed by atoms with Crippen molar-refractivity contribution in [2.45, 2.75) is 258 Å². The fraction of sp³-hybridized carbons (Fsp3) is 0.667. The van der Waals surface area contributed by atoms with Gasteiger partial charge in [-0.05, 0) is 128 Å². The summed E-state index contributed by atoms with van der Waals surface area (Å²) < 4.78 is 16.8. The first-order valence-electron chi connectivity index (χ1n) is 28.4. The summed E-state index contributed by atoms with van der Waals surface area (Å²) in [5.41, 5.74) is 0. The Balaban J connectivity index is 4.46. The highest BCUT2D eigenvalue weighted by molar-refractivity contribution is 5.71. The second-order valence-corrected chi connectivity index (χ2v) is 18.5. The number of esters is 3. The van der Waals surface area contributed by atoms with Gasteiger partial charge in [-0.1, -0.05) is 214 Å². The van der Waals surface area contributed by atoms with Crippen LogP contribution in [0.15, 0.2) is 109 Å². The maximum Gasteiger partial charge on any atom is 0.306 e. The van der Waals surface area contributed by atoms with Gasteiger partial charge in [-0.15, -0.1) is 0 Å². The van der Waals surface area contributed by atoms with Crippen LogP contribution in [0.5, 0.6) is 0 Å². The SMILES string of the molecule is CC/C=C\C/C=C\C/C=C\C/C=C\C/C=C\CCCCCCCC(=O)OCC(COC(=O)CCCCCCC/C=C\C/C=C\CCCCC)OC(=O)CCCCCCC/C=C\C/C=C\CCCCC. The Hall–Kier alpha value is -3.93. The van der Waals surface area contributed by atoms with Crippen LogP contribution in [0.4, 0.5) is 0 Å². The van der Waals surface area contributed by atoms with Gasteiger partial charge in [0.05, 0.1) is 0 Å². The van der Waals surface area contributed by atoms with Gasteiger partial charge in [-0.25, -0.2) is 0 Å². The van der Waals surface area contributed by atoms with Gasteiger partial charge in [0, 0.05) is 19.3 Å². The summed E-state index contributed by atoms with van der Waals surface area (Å²) in [6.45, 7) is 6.43. The smallest absolute Gasteiger partial charge is 0.306 e. The van der Waals surface area contributed by atoms with Crippen molar-refractivity contribution in [2.24, 2.45) is 0 Å². The molecule has 1 atom stereocenters. The summed E-state index contributed by atoms with van der Waals surface area (Å²) in [4.78, 5) is 38.1. The molecule has 0 amide bonds. The molecule has 0 aliphatic carbocycles. The molecule has 6 nitrogen and oxygen atoms in total. The van der Waals surface area contributed by atoms with Crippen LogP contribution in [0.1, 0.15) is 252 Å². The van der Waals surface area contributed by atoms with Gasteiger partial charge in [0.15, 0.2) is 6.10 Å². The third-order valence-electron chi connectivity index (χ3n) is 11.7. The molecule has 6 heteroatoms. The highest BCUT2D eigenvalue weighted by Gasteiger charge is 2.19. The van der Waals surface area contributed by atoms with Crippen LogP contribution in [0.2, 0.25) is 0 Å². The molecular weight excluding hydrogens is 853 g/mol. The van der Waals surface area contributed by atoms with Crippen molar-refractivity contribution in [3.63, 3.8) is 0 Å². The normalized spacial score (nSPS) is 12.9. The molecule has 0 saturated heterocycles. The van der Waals surface area contributed by atoms with Gasteiger partial charge in [0.1, 0.15) is 13.2 Å². The van der Waals surface area contributed by atoms with Gasteiger partial charge in [0.25, 0.3) is 0 Å². The molecule has 0 saturated carbocycles. The molecule has 0 aliphatic heterocycles. The summed E-state index contributed by atoms with van der Waals surface area (Å²) in [5, 5.41) is 0. The summed E-state index contributed by atoms with van der Waals surface area (Å²) in [6.07, 6.45) is 76.4. The summed E-state index contributed by atoms with van der Waals surface area (Å²) in [7, 11) is 0. The highest BCUT2D eigenvalue weighted by Crippen LogP contribution is 2.13. The van der Waals surface area contributed by atoms with Gasteiger partial charge in [0.2, 0.25) is 0 Å². The molecule has 0 aromatic carbocycles. The van der Waals surface area contributed by atoms with Gasteiger partial charge in [-0.2, -0.15) is 0 Å². The molecule has 0 spiro atoms. The molecule has 0 fully saturated rings. The van der Waals surface area contributed by atoms with Crippen LogP contribution >= 0.6 is 0 Å². The number of carbonyl (C=O) groups is 3. The van der Waals surface area contributed by atoms with E-state index in [-0.39, 0.29) is 31.1 Å². The number of rotatable bonds is 50. The average Bonchev–Trinajstić information content (AvgIpc) is 3.35. The van der Waals surface area contributed by atoms with Gasteiger partial charge in [-0.3, -0.25) is 14.4 Å². The lowest BCUT2D eigenvalue weighted by Gasteiger charge is -2.18. The number of ether oxygens (including phenoxy) is 3. The van der Waals surface area contributed by atoms with Crippen LogP contribution in [0.25, 0.3) is 0 Å². The summed E-state index contributed by atoms with van der Waals surface area (Å²) in [6, 6.07) is 0. The molecule has 1 unspecified atom stereocenters.